The molecule has 2 unspecified atom stereocenters. The molecule has 18 heavy (non-hydrogen) atoms. The molecule has 5 nitrogen and oxygen atoms in total. The van der Waals surface area contributed by atoms with Crippen molar-refractivity contribution in [1.29, 1.82) is 0 Å². The van der Waals surface area contributed by atoms with Crippen molar-refractivity contribution in [2.75, 3.05) is 32.9 Å². The van der Waals surface area contributed by atoms with E-state index >= 15 is 0 Å². The Morgan fingerprint density at radius 2 is 2.33 bits per heavy atom. The zero-order chi connectivity index (χ0) is 12.6. The van der Waals surface area contributed by atoms with E-state index in [1.165, 1.54) is 6.42 Å². The lowest BCUT2D eigenvalue weighted by molar-refractivity contribution is -0.123. The molecule has 0 radical (unpaired) electrons. The second kappa shape index (κ2) is 7.71. The van der Waals surface area contributed by atoms with Crippen LogP contribution in [-0.4, -0.2) is 51.0 Å². The number of ether oxygens (including phenoxy) is 2. The van der Waals surface area contributed by atoms with E-state index in [4.69, 9.17) is 9.47 Å². The normalized spacial score (nSPS) is 28.2. The lowest BCUT2D eigenvalue weighted by Crippen LogP contribution is -2.46. The molecule has 0 aliphatic carbocycles. The summed E-state index contributed by atoms with van der Waals surface area (Å²) in [6, 6.07) is 0.0166. The Morgan fingerprint density at radius 1 is 1.39 bits per heavy atom. The molecule has 0 aromatic rings. The van der Waals surface area contributed by atoms with Crippen LogP contribution in [0.1, 0.15) is 32.1 Å². The molecule has 5 heteroatoms. The predicted molar refractivity (Wildman–Crippen MR) is 68.4 cm³/mol. The molecular weight excluding hydrogens is 232 g/mol. The molecule has 0 spiro atoms. The Balaban J connectivity index is 1.48. The third-order valence-electron chi connectivity index (χ3n) is 3.49. The summed E-state index contributed by atoms with van der Waals surface area (Å²) in [6.07, 6.45) is 5.42. The molecular formula is C13H24N2O3. The number of nitrogens with one attached hydrogen (secondary N) is 2. The number of hydrogen-bond acceptors (Lipinski definition) is 4. The van der Waals surface area contributed by atoms with Crippen LogP contribution in [0.2, 0.25) is 0 Å². The lowest BCUT2D eigenvalue weighted by Gasteiger charge is -2.22. The highest BCUT2D eigenvalue weighted by Crippen LogP contribution is 2.08. The summed E-state index contributed by atoms with van der Waals surface area (Å²) < 4.78 is 10.9. The minimum absolute atomic E-state index is 0.0166. The number of carbonyl (C=O) groups excluding carboxylic acids is 1. The molecule has 2 aliphatic rings. The highest BCUT2D eigenvalue weighted by atomic mass is 16.5. The van der Waals surface area contributed by atoms with Crippen molar-refractivity contribution in [2.24, 2.45) is 0 Å². The van der Waals surface area contributed by atoms with E-state index in [2.05, 4.69) is 10.6 Å². The second-order valence-electron chi connectivity index (χ2n) is 5.00. The predicted octanol–water partition coefficient (Wildman–Crippen LogP) is 0.440. The molecule has 0 aromatic carbocycles. The largest absolute Gasteiger partial charge is 0.379 e. The maximum Gasteiger partial charge on any atom is 0.237 e. The van der Waals surface area contributed by atoms with Crippen LogP contribution in [0.3, 0.4) is 0 Å². The van der Waals surface area contributed by atoms with Gasteiger partial charge in [0.05, 0.1) is 18.8 Å². The highest BCUT2D eigenvalue weighted by molar-refractivity contribution is 5.81. The van der Waals surface area contributed by atoms with Gasteiger partial charge in [-0.15, -0.1) is 0 Å². The fraction of sp³-hybridized carbons (Fsp3) is 0.923. The first-order valence-electron chi connectivity index (χ1n) is 7.07. The van der Waals surface area contributed by atoms with Gasteiger partial charge in [-0.25, -0.2) is 0 Å². The summed E-state index contributed by atoms with van der Waals surface area (Å²) in [7, 11) is 0. The molecule has 104 valence electrons. The smallest absolute Gasteiger partial charge is 0.237 e. The topological polar surface area (TPSA) is 59.6 Å². The molecule has 2 heterocycles. The summed E-state index contributed by atoms with van der Waals surface area (Å²) in [5, 5.41) is 6.21. The first-order chi connectivity index (χ1) is 8.86. The van der Waals surface area contributed by atoms with Gasteiger partial charge < -0.3 is 20.1 Å². The van der Waals surface area contributed by atoms with Gasteiger partial charge in [0.1, 0.15) is 0 Å². The van der Waals surface area contributed by atoms with Gasteiger partial charge in [-0.05, 0) is 32.2 Å². The zero-order valence-corrected chi connectivity index (χ0v) is 11.0. The molecule has 2 saturated heterocycles. The SMILES string of the molecule is O=C(NCCCOC1CCOC1)C1CCCCN1. The highest BCUT2D eigenvalue weighted by Gasteiger charge is 2.19. The fourth-order valence-electron chi connectivity index (χ4n) is 2.38. The van der Waals surface area contributed by atoms with Crippen molar-refractivity contribution in [2.45, 2.75) is 44.2 Å². The van der Waals surface area contributed by atoms with Crippen molar-refractivity contribution in [3.05, 3.63) is 0 Å². The van der Waals surface area contributed by atoms with E-state index in [9.17, 15) is 4.79 Å². The van der Waals surface area contributed by atoms with Gasteiger partial charge >= 0.3 is 0 Å². The summed E-state index contributed by atoms with van der Waals surface area (Å²) in [5.74, 6) is 0.138. The maximum atomic E-state index is 11.8. The third-order valence-corrected chi connectivity index (χ3v) is 3.49. The van der Waals surface area contributed by atoms with Crippen LogP contribution in [0.15, 0.2) is 0 Å². The molecule has 2 aliphatic heterocycles. The average Bonchev–Trinajstić information content (AvgIpc) is 2.92. The summed E-state index contributed by atoms with van der Waals surface area (Å²) in [5.41, 5.74) is 0. The van der Waals surface area contributed by atoms with Crippen molar-refractivity contribution in [3.8, 4) is 0 Å². The molecule has 0 bridgehead atoms. The molecule has 0 aromatic heterocycles. The van der Waals surface area contributed by atoms with Crippen LogP contribution in [0, 0.1) is 0 Å². The number of carbonyl (C=O) groups is 1. The third kappa shape index (κ3) is 4.55. The van der Waals surface area contributed by atoms with Gasteiger partial charge in [0.25, 0.3) is 0 Å². The Hall–Kier alpha value is -0.650. The van der Waals surface area contributed by atoms with E-state index < -0.39 is 0 Å². The number of piperidine rings is 1. The Kier molecular flexibility index (Phi) is 5.90. The van der Waals surface area contributed by atoms with Crippen molar-refractivity contribution in [3.63, 3.8) is 0 Å². The Labute approximate surface area is 109 Å². The van der Waals surface area contributed by atoms with Gasteiger partial charge in [-0.1, -0.05) is 6.42 Å². The van der Waals surface area contributed by atoms with Crippen molar-refractivity contribution >= 4 is 5.91 Å². The van der Waals surface area contributed by atoms with Crippen LogP contribution >= 0.6 is 0 Å². The first-order valence-corrected chi connectivity index (χ1v) is 7.07. The van der Waals surface area contributed by atoms with Crippen LogP contribution in [-0.2, 0) is 14.3 Å². The minimum Gasteiger partial charge on any atom is -0.379 e. The average molecular weight is 256 g/mol. The Bertz CT molecular complexity index is 249. The summed E-state index contributed by atoms with van der Waals surface area (Å²) in [4.78, 5) is 11.8. The molecule has 0 saturated carbocycles. The van der Waals surface area contributed by atoms with E-state index in [0.29, 0.717) is 13.2 Å². The number of rotatable bonds is 6. The Morgan fingerprint density at radius 3 is 3.06 bits per heavy atom. The zero-order valence-electron chi connectivity index (χ0n) is 11.0. The van der Waals surface area contributed by atoms with Crippen LogP contribution in [0.5, 0.6) is 0 Å². The van der Waals surface area contributed by atoms with E-state index in [1.54, 1.807) is 0 Å². The lowest BCUT2D eigenvalue weighted by atomic mass is 10.0. The standard InChI is InChI=1S/C13H24N2O3/c16-13(12-4-1-2-6-14-12)15-7-3-8-18-11-5-9-17-10-11/h11-12,14H,1-10H2,(H,15,16). The van der Waals surface area contributed by atoms with Crippen LogP contribution in [0.25, 0.3) is 0 Å². The van der Waals surface area contributed by atoms with Gasteiger partial charge in [0, 0.05) is 19.8 Å². The van der Waals surface area contributed by atoms with Crippen molar-refractivity contribution in [1.82, 2.24) is 10.6 Å². The van der Waals surface area contributed by atoms with Gasteiger partial charge in [-0.2, -0.15) is 0 Å². The number of hydrogen-bond donors (Lipinski definition) is 2. The number of amides is 1. The van der Waals surface area contributed by atoms with E-state index in [0.717, 1.165) is 45.4 Å². The van der Waals surface area contributed by atoms with E-state index in [-0.39, 0.29) is 18.1 Å². The van der Waals surface area contributed by atoms with Crippen LogP contribution < -0.4 is 10.6 Å². The molecule has 2 rings (SSSR count). The second-order valence-corrected chi connectivity index (χ2v) is 5.00. The maximum absolute atomic E-state index is 11.8. The summed E-state index contributed by atoms with van der Waals surface area (Å²) >= 11 is 0. The molecule has 1 amide bonds. The van der Waals surface area contributed by atoms with Crippen LogP contribution in [0.4, 0.5) is 0 Å². The minimum atomic E-state index is 0.0166. The van der Waals surface area contributed by atoms with Gasteiger partial charge in [0.2, 0.25) is 5.91 Å². The van der Waals surface area contributed by atoms with Gasteiger partial charge in [-0.3, -0.25) is 4.79 Å². The molecule has 2 N–H and O–H groups in total. The van der Waals surface area contributed by atoms with Gasteiger partial charge in [0.15, 0.2) is 0 Å². The van der Waals surface area contributed by atoms with E-state index in [1.807, 2.05) is 0 Å². The fourth-order valence-corrected chi connectivity index (χ4v) is 2.38. The molecule has 2 fully saturated rings. The first kappa shape index (κ1) is 13.8. The molecule has 2 atom stereocenters. The quantitative estimate of drug-likeness (QED) is 0.677. The summed E-state index contributed by atoms with van der Waals surface area (Å²) in [6.45, 7) is 3.90. The monoisotopic (exact) mass is 256 g/mol. The van der Waals surface area contributed by atoms with Crippen molar-refractivity contribution < 1.29 is 14.3 Å².